The molecule has 214 valence electrons. The molecule has 8 nitrogen and oxygen atoms in total. The fourth-order valence-corrected chi connectivity index (χ4v) is 6.39. The highest BCUT2D eigenvalue weighted by atomic mass is 19.2. The first-order valence-electron chi connectivity index (χ1n) is 13.5. The quantitative estimate of drug-likeness (QED) is 0.429. The fourth-order valence-electron chi connectivity index (χ4n) is 6.39. The second-order valence-electron chi connectivity index (χ2n) is 11.7. The molecule has 2 N–H and O–H groups in total. The number of fused-ring (bicyclic) bond motifs is 1. The highest BCUT2D eigenvalue weighted by molar-refractivity contribution is 5.97. The molecule has 0 bridgehead atoms. The van der Waals surface area contributed by atoms with Gasteiger partial charge in [0.05, 0.1) is 24.4 Å². The van der Waals surface area contributed by atoms with E-state index in [-0.39, 0.29) is 28.5 Å². The highest BCUT2D eigenvalue weighted by Gasteiger charge is 2.69. The van der Waals surface area contributed by atoms with E-state index in [0.29, 0.717) is 23.4 Å². The predicted octanol–water partition coefficient (Wildman–Crippen LogP) is 4.78. The smallest absolute Gasteiger partial charge is 0.305 e. The largest absolute Gasteiger partial charge is 0.481 e. The molecular weight excluding hydrogens is 530 g/mol. The summed E-state index contributed by atoms with van der Waals surface area (Å²) >= 11 is 0. The van der Waals surface area contributed by atoms with Crippen LogP contribution in [-0.2, 0) is 9.59 Å². The number of benzene rings is 2. The number of nitrogens with zero attached hydrogens (tertiary/aromatic N) is 3. The van der Waals surface area contributed by atoms with E-state index in [0.717, 1.165) is 17.2 Å². The molecule has 1 aliphatic heterocycles. The van der Waals surface area contributed by atoms with Crippen molar-refractivity contribution >= 4 is 17.8 Å². The van der Waals surface area contributed by atoms with Crippen molar-refractivity contribution in [3.8, 4) is 11.1 Å². The number of amides is 2. The topological polar surface area (TPSA) is 112 Å². The first-order chi connectivity index (χ1) is 19.3. The van der Waals surface area contributed by atoms with Crippen LogP contribution in [0.2, 0.25) is 0 Å². The monoisotopic (exact) mass is 562 g/mol. The number of hydrogen-bond donors (Lipinski definition) is 2. The lowest BCUT2D eigenvalue weighted by atomic mass is 9.92. The Morgan fingerprint density at radius 1 is 1.10 bits per heavy atom. The number of aliphatic carboxylic acids is 1. The number of rotatable bonds is 7. The van der Waals surface area contributed by atoms with E-state index in [4.69, 9.17) is 0 Å². The lowest BCUT2D eigenvalue weighted by Crippen LogP contribution is -2.51. The Kier molecular flexibility index (Phi) is 7.13. The summed E-state index contributed by atoms with van der Waals surface area (Å²) in [6, 6.07) is 5.70. The Morgan fingerprint density at radius 3 is 2.39 bits per heavy atom. The van der Waals surface area contributed by atoms with E-state index in [2.05, 4.69) is 15.3 Å². The van der Waals surface area contributed by atoms with Crippen LogP contribution in [0.15, 0.2) is 42.7 Å². The number of aromatic nitrogens is 2. The third kappa shape index (κ3) is 5.07. The number of carboxylic acids is 1. The van der Waals surface area contributed by atoms with Crippen LogP contribution in [0.1, 0.15) is 59.2 Å². The summed E-state index contributed by atoms with van der Waals surface area (Å²) in [5, 5.41) is 12.3. The molecular formula is C31H32F2N4O4. The van der Waals surface area contributed by atoms with Gasteiger partial charge in [-0.3, -0.25) is 19.4 Å². The van der Waals surface area contributed by atoms with Gasteiger partial charge in [0.1, 0.15) is 11.7 Å². The summed E-state index contributed by atoms with van der Waals surface area (Å²) in [6.07, 6.45) is 2.14. The maximum absolute atomic E-state index is 15.3. The van der Waals surface area contributed by atoms with Crippen molar-refractivity contribution in [3.63, 3.8) is 0 Å². The van der Waals surface area contributed by atoms with Gasteiger partial charge in [-0.25, -0.2) is 13.8 Å². The summed E-state index contributed by atoms with van der Waals surface area (Å²) in [7, 11) is 0. The third-order valence-corrected chi connectivity index (χ3v) is 8.63. The van der Waals surface area contributed by atoms with E-state index < -0.39 is 47.9 Å². The number of nitrogens with one attached hydrogen (secondary N) is 1. The molecule has 1 saturated heterocycles. The van der Waals surface area contributed by atoms with Crippen LogP contribution in [0.4, 0.5) is 8.78 Å². The molecule has 0 unspecified atom stereocenters. The van der Waals surface area contributed by atoms with Crippen molar-refractivity contribution in [1.82, 2.24) is 20.2 Å². The number of carbonyl (C=O) groups is 3. The second-order valence-corrected chi connectivity index (χ2v) is 11.7. The normalized spacial score (nSPS) is 21.2. The van der Waals surface area contributed by atoms with E-state index in [9.17, 15) is 23.9 Å². The van der Waals surface area contributed by atoms with Gasteiger partial charge in [0.2, 0.25) is 5.91 Å². The molecule has 2 amide bonds. The molecule has 1 aromatic heterocycles. The van der Waals surface area contributed by atoms with E-state index in [1.165, 1.54) is 23.4 Å². The Morgan fingerprint density at radius 2 is 1.78 bits per heavy atom. The number of carboxylic acid groups (broad SMARTS) is 1. The van der Waals surface area contributed by atoms with Crippen LogP contribution < -0.4 is 5.32 Å². The van der Waals surface area contributed by atoms with E-state index in [1.54, 1.807) is 6.92 Å². The Hall–Kier alpha value is -4.21. The molecule has 3 aromatic rings. The van der Waals surface area contributed by atoms with Gasteiger partial charge in [0, 0.05) is 18.3 Å². The third-order valence-electron chi connectivity index (χ3n) is 8.63. The number of aryl methyl sites for hydroxylation is 3. The number of likely N-dealkylation sites (tertiary alicyclic amines) is 1. The average Bonchev–Trinajstić information content (AvgIpc) is 3.21. The summed E-state index contributed by atoms with van der Waals surface area (Å²) < 4.78 is 30.3. The minimum absolute atomic E-state index is 0.0556. The zero-order valence-corrected chi connectivity index (χ0v) is 23.5. The maximum Gasteiger partial charge on any atom is 0.305 e. The maximum atomic E-state index is 15.3. The van der Waals surface area contributed by atoms with E-state index >= 15 is 4.39 Å². The lowest BCUT2D eigenvalue weighted by molar-refractivity contribution is -0.138. The van der Waals surface area contributed by atoms with Gasteiger partial charge in [-0.15, -0.1) is 0 Å². The molecule has 5 rings (SSSR count). The van der Waals surface area contributed by atoms with E-state index in [1.807, 2.05) is 45.9 Å². The molecule has 41 heavy (non-hydrogen) atoms. The van der Waals surface area contributed by atoms with Crippen molar-refractivity contribution < 1.29 is 28.3 Å². The average molecular weight is 563 g/mol. The SMILES string of the molecule is Cc1cnc(C(=O)N2C[C@H]3[C@@H]([C@H]2C(=O)N[C@@H](CC(=O)O)c2cc(-c4c(C)cccc4C)cc(F)c2F)C3(C)C)cn1. The number of hydrogen-bond acceptors (Lipinski definition) is 5. The highest BCUT2D eigenvalue weighted by Crippen LogP contribution is 2.65. The van der Waals surface area contributed by atoms with Gasteiger partial charge in [-0.05, 0) is 72.4 Å². The predicted molar refractivity (Wildman–Crippen MR) is 147 cm³/mol. The van der Waals surface area contributed by atoms with Gasteiger partial charge < -0.3 is 15.3 Å². The standard InChI is InChI=1S/C31H32F2N4O4/c1-15-7-6-8-16(2)25(15)18-9-19(27(33)21(32)10-18)22(11-24(38)39)36-29(40)28-26-20(31(26,4)5)14-37(28)30(41)23-13-34-17(3)12-35-23/h6-10,12-13,20,22,26,28H,11,14H2,1-5H3,(H,36,40)(H,38,39)/t20-,22-,26-,28-/m0/s1. The summed E-state index contributed by atoms with van der Waals surface area (Å²) in [4.78, 5) is 48.8. The first kappa shape index (κ1) is 28.3. The summed E-state index contributed by atoms with van der Waals surface area (Å²) in [6.45, 7) is 9.76. The van der Waals surface area contributed by atoms with Gasteiger partial charge in [0.25, 0.3) is 5.91 Å². The molecule has 10 heteroatoms. The zero-order valence-electron chi connectivity index (χ0n) is 23.5. The van der Waals surface area contributed by atoms with Crippen LogP contribution in [0.5, 0.6) is 0 Å². The second kappa shape index (κ2) is 10.3. The number of halogens is 2. The molecule has 1 aliphatic carbocycles. The minimum atomic E-state index is -1.38. The fraction of sp³-hybridized carbons (Fsp3) is 0.387. The molecule has 2 fully saturated rings. The van der Waals surface area contributed by atoms with Crippen molar-refractivity contribution in [2.45, 2.75) is 53.1 Å². The van der Waals surface area contributed by atoms with Gasteiger partial charge in [0.15, 0.2) is 11.6 Å². The molecule has 2 heterocycles. The lowest BCUT2D eigenvalue weighted by Gasteiger charge is -2.31. The summed E-state index contributed by atoms with van der Waals surface area (Å²) in [5.41, 5.74) is 2.97. The molecule has 4 atom stereocenters. The molecule has 2 aromatic carbocycles. The molecule has 2 aliphatic rings. The first-order valence-corrected chi connectivity index (χ1v) is 13.5. The van der Waals surface area contributed by atoms with Crippen LogP contribution in [-0.4, -0.2) is 50.3 Å². The molecule has 1 saturated carbocycles. The molecule has 0 radical (unpaired) electrons. The van der Waals surface area contributed by atoms with Crippen molar-refractivity contribution in [1.29, 1.82) is 0 Å². The van der Waals surface area contributed by atoms with Crippen LogP contribution in [0.25, 0.3) is 11.1 Å². The Labute approximate surface area is 236 Å². The van der Waals surface area contributed by atoms with Crippen LogP contribution >= 0.6 is 0 Å². The van der Waals surface area contributed by atoms with Gasteiger partial charge in [-0.2, -0.15) is 0 Å². The minimum Gasteiger partial charge on any atom is -0.481 e. The van der Waals surface area contributed by atoms with Gasteiger partial charge >= 0.3 is 5.97 Å². The zero-order chi connectivity index (χ0) is 29.8. The van der Waals surface area contributed by atoms with Crippen LogP contribution in [0, 0.1) is 49.7 Å². The molecule has 0 spiro atoms. The van der Waals surface area contributed by atoms with Gasteiger partial charge in [-0.1, -0.05) is 32.0 Å². The number of carbonyl (C=O) groups excluding carboxylic acids is 2. The van der Waals surface area contributed by atoms with Crippen molar-refractivity contribution in [2.75, 3.05) is 6.54 Å². The van der Waals surface area contributed by atoms with Crippen LogP contribution in [0.3, 0.4) is 0 Å². The summed E-state index contributed by atoms with van der Waals surface area (Å²) in [5.74, 6) is -4.90. The van der Waals surface area contributed by atoms with Crippen molar-refractivity contribution in [2.24, 2.45) is 17.3 Å². The number of piperidine rings is 1. The Balaban J connectivity index is 1.50. The van der Waals surface area contributed by atoms with Crippen molar-refractivity contribution in [3.05, 3.63) is 82.4 Å². The Bertz CT molecular complexity index is 1540.